The van der Waals surface area contributed by atoms with Crippen LogP contribution in [0.25, 0.3) is 0 Å². The van der Waals surface area contributed by atoms with Crippen LogP contribution >= 0.6 is 23.2 Å². The molecule has 3 aromatic rings. The van der Waals surface area contributed by atoms with Gasteiger partial charge in [0.15, 0.2) is 0 Å². The second-order valence-electron chi connectivity index (χ2n) is 13.4. The lowest BCUT2D eigenvalue weighted by molar-refractivity contribution is -0.119. The van der Waals surface area contributed by atoms with E-state index in [2.05, 4.69) is 0 Å². The van der Waals surface area contributed by atoms with E-state index < -0.39 is 11.1 Å². The Hall–Kier alpha value is -3.69. The van der Waals surface area contributed by atoms with Crippen LogP contribution in [0.4, 0.5) is 4.79 Å². The molecule has 0 unspecified atom stereocenters. The van der Waals surface area contributed by atoms with E-state index in [4.69, 9.17) is 48.6 Å². The number of nitrogens with zero attached hydrogens (tertiary/aromatic N) is 5. The first-order valence-corrected chi connectivity index (χ1v) is 16.4. The molecule has 2 aliphatic heterocycles. The van der Waals surface area contributed by atoms with Crippen LogP contribution in [-0.4, -0.2) is 57.2 Å². The highest BCUT2D eigenvalue weighted by atomic mass is 35.5. The zero-order chi connectivity index (χ0) is 33.4. The number of halogens is 2. The molecule has 2 aliphatic rings. The minimum absolute atomic E-state index is 0.137. The van der Waals surface area contributed by atoms with Crippen LogP contribution in [0.1, 0.15) is 83.3 Å². The zero-order valence-corrected chi connectivity index (χ0v) is 28.8. The molecule has 1 aromatic heterocycles. The third-order valence-electron chi connectivity index (χ3n) is 9.26. The molecule has 5 rings (SSSR count). The van der Waals surface area contributed by atoms with Crippen LogP contribution in [0.5, 0.6) is 5.88 Å². The van der Waals surface area contributed by atoms with Crippen LogP contribution in [0.15, 0.2) is 59.7 Å². The summed E-state index contributed by atoms with van der Waals surface area (Å²) in [6, 6.07) is 14.9. The highest BCUT2D eigenvalue weighted by Gasteiger charge is 2.60. The van der Waals surface area contributed by atoms with Crippen molar-refractivity contribution in [3.8, 4) is 5.88 Å². The van der Waals surface area contributed by atoms with Crippen LogP contribution in [0.3, 0.4) is 0 Å². The van der Waals surface area contributed by atoms with E-state index in [0.29, 0.717) is 72.1 Å². The Balaban J connectivity index is 1.73. The number of urea groups is 1. The lowest BCUT2D eigenvalue weighted by Crippen LogP contribution is -2.59. The number of hydrogen-bond acceptors (Lipinski definition) is 6. The molecule has 244 valence electrons. The van der Waals surface area contributed by atoms with Crippen molar-refractivity contribution in [1.82, 2.24) is 19.8 Å². The molecule has 0 radical (unpaired) electrons. The van der Waals surface area contributed by atoms with Crippen molar-refractivity contribution >= 4 is 41.0 Å². The molecule has 1 saturated heterocycles. The van der Waals surface area contributed by atoms with Gasteiger partial charge in [0.2, 0.25) is 11.8 Å². The summed E-state index contributed by atoms with van der Waals surface area (Å²) in [5, 5.41) is 1.18. The molecule has 2 aromatic carbocycles. The van der Waals surface area contributed by atoms with Gasteiger partial charge in [0, 0.05) is 41.2 Å². The molecule has 3 amide bonds. The number of aromatic nitrogens is 2. The third kappa shape index (κ3) is 6.19. The number of rotatable bonds is 7. The fourth-order valence-corrected chi connectivity index (χ4v) is 6.70. The van der Waals surface area contributed by atoms with Crippen LogP contribution in [-0.2, 0) is 21.3 Å². The van der Waals surface area contributed by atoms with E-state index in [1.165, 1.54) is 0 Å². The van der Waals surface area contributed by atoms with E-state index in [0.717, 1.165) is 11.1 Å². The van der Waals surface area contributed by atoms with Gasteiger partial charge in [-0.2, -0.15) is 4.98 Å². The minimum Gasteiger partial charge on any atom is -0.477 e. The lowest BCUT2D eigenvalue weighted by atomic mass is 9.71. The molecule has 0 bridgehead atoms. The molecular formula is C35H42Cl2N6O3. The van der Waals surface area contributed by atoms with Gasteiger partial charge in [0.1, 0.15) is 22.7 Å². The number of likely N-dealkylation sites (tertiary alicyclic amines) is 1. The normalized spacial score (nSPS) is 22.1. The molecule has 11 heteroatoms. The minimum atomic E-state index is -1.05. The van der Waals surface area contributed by atoms with Crippen molar-refractivity contribution in [2.75, 3.05) is 19.7 Å². The monoisotopic (exact) mass is 664 g/mol. The summed E-state index contributed by atoms with van der Waals surface area (Å²) in [4.78, 5) is 45.2. The average Bonchev–Trinajstić information content (AvgIpc) is 3.25. The average molecular weight is 666 g/mol. The first-order valence-electron chi connectivity index (χ1n) is 15.7. The van der Waals surface area contributed by atoms with Crippen molar-refractivity contribution in [2.45, 2.75) is 77.3 Å². The van der Waals surface area contributed by atoms with E-state index in [9.17, 15) is 9.59 Å². The first kappa shape index (κ1) is 33.7. The largest absolute Gasteiger partial charge is 0.477 e. The van der Waals surface area contributed by atoms with E-state index in [1.807, 2.05) is 95.0 Å². The van der Waals surface area contributed by atoms with Crippen LogP contribution in [0.2, 0.25) is 10.0 Å². The van der Waals surface area contributed by atoms with Gasteiger partial charge in [-0.15, -0.1) is 0 Å². The number of primary amides is 1. The second kappa shape index (κ2) is 12.8. The maximum absolute atomic E-state index is 15.0. The summed E-state index contributed by atoms with van der Waals surface area (Å²) in [5.41, 5.74) is 5.35. The topological polar surface area (TPSA) is 114 Å². The summed E-state index contributed by atoms with van der Waals surface area (Å²) in [7, 11) is 0. The molecule has 2 N–H and O–H groups in total. The van der Waals surface area contributed by atoms with Crippen molar-refractivity contribution in [2.24, 2.45) is 16.6 Å². The van der Waals surface area contributed by atoms with E-state index >= 15 is 0 Å². The number of carbonyl (C=O) groups is 2. The Bertz CT molecular complexity index is 1630. The predicted molar refractivity (Wildman–Crippen MR) is 181 cm³/mol. The van der Waals surface area contributed by atoms with Gasteiger partial charge >= 0.3 is 6.03 Å². The molecule has 0 aliphatic carbocycles. The number of benzene rings is 2. The van der Waals surface area contributed by atoms with Crippen molar-refractivity contribution in [3.63, 3.8) is 0 Å². The number of hydrogen-bond donors (Lipinski definition) is 1. The maximum atomic E-state index is 15.0. The van der Waals surface area contributed by atoms with Gasteiger partial charge in [-0.05, 0) is 74.9 Å². The fourth-order valence-electron chi connectivity index (χ4n) is 6.45. The van der Waals surface area contributed by atoms with E-state index in [1.54, 1.807) is 11.1 Å². The summed E-state index contributed by atoms with van der Waals surface area (Å²) >= 11 is 12.7. The maximum Gasteiger partial charge on any atom is 0.326 e. The molecule has 2 atom stereocenters. The molecule has 1 fully saturated rings. The molecule has 9 nitrogen and oxygen atoms in total. The number of aliphatic imine (C=N–C) groups is 1. The Morgan fingerprint density at radius 1 is 0.978 bits per heavy atom. The number of ether oxygens (including phenoxy) is 1. The summed E-state index contributed by atoms with van der Waals surface area (Å²) in [6.07, 6.45) is 3.38. The van der Waals surface area contributed by atoms with Gasteiger partial charge in [0.25, 0.3) is 0 Å². The Kier molecular flexibility index (Phi) is 9.40. The van der Waals surface area contributed by atoms with Gasteiger partial charge in [-0.1, -0.05) is 68.2 Å². The lowest BCUT2D eigenvalue weighted by Gasteiger charge is -2.47. The Labute approximate surface area is 281 Å². The highest BCUT2D eigenvalue weighted by molar-refractivity contribution is 6.30. The predicted octanol–water partition coefficient (Wildman–Crippen LogP) is 7.08. The Morgan fingerprint density at radius 3 is 2.07 bits per heavy atom. The van der Waals surface area contributed by atoms with Crippen molar-refractivity contribution in [1.29, 1.82) is 0 Å². The van der Waals surface area contributed by atoms with Gasteiger partial charge < -0.3 is 15.4 Å². The SMILES string of the molecule is CCOc1nc(C(C)(C)C)ncc1C1=N[C@@](C)(c2ccc(Cl)cc2)[C@@](C)(c2ccc(Cl)cc2)N1C(=O)N1CCC(CC(N)=O)CC1. The highest BCUT2D eigenvalue weighted by Crippen LogP contribution is 2.54. The quantitative estimate of drug-likeness (QED) is 0.290. The number of amidine groups is 1. The molecule has 0 spiro atoms. The molecular weight excluding hydrogens is 623 g/mol. The van der Waals surface area contributed by atoms with Gasteiger partial charge in [-0.3, -0.25) is 14.7 Å². The first-order chi connectivity index (χ1) is 21.7. The number of amides is 3. The van der Waals surface area contributed by atoms with Crippen LogP contribution in [0, 0.1) is 5.92 Å². The summed E-state index contributed by atoms with van der Waals surface area (Å²) < 4.78 is 6.13. The molecule has 3 heterocycles. The molecule has 0 saturated carbocycles. The number of carbonyl (C=O) groups excluding carboxylic acids is 2. The van der Waals surface area contributed by atoms with Crippen LogP contribution < -0.4 is 10.5 Å². The van der Waals surface area contributed by atoms with Gasteiger partial charge in [-0.25, -0.2) is 9.78 Å². The third-order valence-corrected chi connectivity index (χ3v) is 9.77. The fraction of sp³-hybridized carbons (Fsp3) is 0.457. The van der Waals surface area contributed by atoms with E-state index in [-0.39, 0.29) is 23.3 Å². The summed E-state index contributed by atoms with van der Waals surface area (Å²) in [6.45, 7) is 13.4. The standard InChI is InChI=1S/C35H42Cl2N6O3/c1-7-46-30-27(21-39-31(40-30)33(2,3)4)29-41-34(5,23-8-12-25(36)13-9-23)35(6,24-10-14-26(37)15-11-24)43(29)32(45)42-18-16-22(17-19-42)20-28(38)44/h8-15,21-22H,7,16-20H2,1-6H3,(H2,38,44)/t34-,35+/m0/s1. The zero-order valence-electron chi connectivity index (χ0n) is 27.3. The van der Waals surface area contributed by atoms with Crippen molar-refractivity contribution < 1.29 is 14.3 Å². The van der Waals surface area contributed by atoms with Crippen molar-refractivity contribution in [3.05, 3.63) is 87.3 Å². The Morgan fingerprint density at radius 2 is 1.54 bits per heavy atom. The second-order valence-corrected chi connectivity index (χ2v) is 14.3. The van der Waals surface area contributed by atoms with Gasteiger partial charge in [0.05, 0.1) is 12.2 Å². The molecule has 46 heavy (non-hydrogen) atoms. The smallest absolute Gasteiger partial charge is 0.326 e. The number of piperidine rings is 1. The number of nitrogens with two attached hydrogens (primary N) is 1. The summed E-state index contributed by atoms with van der Waals surface area (Å²) in [5.74, 6) is 1.20.